The van der Waals surface area contributed by atoms with Gasteiger partial charge in [0.1, 0.15) is 0 Å². The molecule has 2 aromatic rings. The highest BCUT2D eigenvalue weighted by atomic mass is 16.5. The normalized spacial score (nSPS) is 9.95. The Hall–Kier alpha value is -3.02. The van der Waals surface area contributed by atoms with E-state index in [9.17, 15) is 9.59 Å². The molecule has 21 heavy (non-hydrogen) atoms. The second-order valence-electron chi connectivity index (χ2n) is 4.36. The maximum Gasteiger partial charge on any atom is 0.337 e. The number of hydrogen-bond acceptors (Lipinski definition) is 5. The topological polar surface area (TPSA) is 107 Å². The third kappa shape index (κ3) is 3.30. The molecule has 0 fully saturated rings. The van der Waals surface area contributed by atoms with Gasteiger partial charge < -0.3 is 21.5 Å². The van der Waals surface area contributed by atoms with Crippen LogP contribution < -0.4 is 16.8 Å². The van der Waals surface area contributed by atoms with Gasteiger partial charge in [-0.05, 0) is 42.5 Å². The standard InChI is InChI=1S/C15H15N3O3/c1-21-15(20)10-4-7-13(12(16)8-10)18-11-5-2-9(3-6-11)14(17)19/h2-8,18H,16H2,1H3,(H2,17,19). The average molecular weight is 285 g/mol. The molecule has 0 aliphatic heterocycles. The van der Waals surface area contributed by atoms with Crippen molar-refractivity contribution < 1.29 is 14.3 Å². The monoisotopic (exact) mass is 285 g/mol. The number of nitrogens with two attached hydrogens (primary N) is 2. The van der Waals surface area contributed by atoms with Crippen molar-refractivity contribution in [1.29, 1.82) is 0 Å². The van der Waals surface area contributed by atoms with E-state index in [4.69, 9.17) is 11.5 Å². The van der Waals surface area contributed by atoms with E-state index in [0.29, 0.717) is 22.5 Å². The van der Waals surface area contributed by atoms with Crippen LogP contribution in [0.1, 0.15) is 20.7 Å². The van der Waals surface area contributed by atoms with Gasteiger partial charge in [-0.3, -0.25) is 4.79 Å². The molecule has 0 saturated heterocycles. The first kappa shape index (κ1) is 14.4. The summed E-state index contributed by atoms with van der Waals surface area (Å²) in [6.07, 6.45) is 0. The molecule has 0 bridgehead atoms. The van der Waals surface area contributed by atoms with Gasteiger partial charge in [0.15, 0.2) is 0 Å². The lowest BCUT2D eigenvalue weighted by molar-refractivity contribution is 0.0600. The van der Waals surface area contributed by atoms with Crippen LogP contribution in [0.3, 0.4) is 0 Å². The third-order valence-corrected chi connectivity index (χ3v) is 2.92. The molecule has 1 amide bonds. The minimum Gasteiger partial charge on any atom is -0.465 e. The summed E-state index contributed by atoms with van der Waals surface area (Å²) in [5.41, 5.74) is 13.7. The lowest BCUT2D eigenvalue weighted by Gasteiger charge is -2.10. The number of nitrogen functional groups attached to an aromatic ring is 1. The van der Waals surface area contributed by atoms with Crippen molar-refractivity contribution in [2.45, 2.75) is 0 Å². The van der Waals surface area contributed by atoms with E-state index in [1.807, 2.05) is 0 Å². The Morgan fingerprint density at radius 1 is 1.05 bits per heavy atom. The number of rotatable bonds is 4. The number of hydrogen-bond donors (Lipinski definition) is 3. The predicted molar refractivity (Wildman–Crippen MR) is 80.4 cm³/mol. The molecule has 5 N–H and O–H groups in total. The summed E-state index contributed by atoms with van der Waals surface area (Å²) in [6.45, 7) is 0. The van der Waals surface area contributed by atoms with Crippen LogP contribution in [0.5, 0.6) is 0 Å². The van der Waals surface area contributed by atoms with E-state index < -0.39 is 11.9 Å². The van der Waals surface area contributed by atoms with Gasteiger partial charge in [0.2, 0.25) is 5.91 Å². The molecule has 0 radical (unpaired) electrons. The number of nitrogens with one attached hydrogen (secondary N) is 1. The van der Waals surface area contributed by atoms with Crippen LogP contribution in [0.4, 0.5) is 17.1 Å². The summed E-state index contributed by atoms with van der Waals surface area (Å²) in [6, 6.07) is 11.5. The molecule has 0 aromatic heterocycles. The Bertz CT molecular complexity index is 681. The van der Waals surface area contributed by atoms with Crippen LogP contribution in [0.15, 0.2) is 42.5 Å². The first-order chi connectivity index (χ1) is 10.0. The number of primary amides is 1. The van der Waals surface area contributed by atoms with Gasteiger partial charge >= 0.3 is 5.97 Å². The van der Waals surface area contributed by atoms with Gasteiger partial charge in [0.05, 0.1) is 24.0 Å². The Morgan fingerprint density at radius 2 is 1.67 bits per heavy atom. The van der Waals surface area contributed by atoms with Gasteiger partial charge in [-0.15, -0.1) is 0 Å². The Labute approximate surface area is 121 Å². The quantitative estimate of drug-likeness (QED) is 0.587. The first-order valence-electron chi connectivity index (χ1n) is 6.16. The highest BCUT2D eigenvalue weighted by Crippen LogP contribution is 2.24. The van der Waals surface area contributed by atoms with Crippen molar-refractivity contribution in [1.82, 2.24) is 0 Å². The molecule has 0 atom stereocenters. The average Bonchev–Trinajstić information content (AvgIpc) is 2.49. The van der Waals surface area contributed by atoms with E-state index in [-0.39, 0.29) is 0 Å². The fourth-order valence-corrected chi connectivity index (χ4v) is 1.79. The fraction of sp³-hybridized carbons (Fsp3) is 0.0667. The van der Waals surface area contributed by atoms with Crippen molar-refractivity contribution in [3.63, 3.8) is 0 Å². The first-order valence-corrected chi connectivity index (χ1v) is 6.16. The van der Waals surface area contributed by atoms with Crippen molar-refractivity contribution in [2.75, 3.05) is 18.2 Å². The van der Waals surface area contributed by atoms with Gasteiger partial charge in [-0.1, -0.05) is 0 Å². The summed E-state index contributed by atoms with van der Waals surface area (Å²) < 4.78 is 4.63. The maximum atomic E-state index is 11.4. The molecule has 2 aromatic carbocycles. The zero-order valence-electron chi connectivity index (χ0n) is 11.4. The number of ether oxygens (including phenoxy) is 1. The maximum absolute atomic E-state index is 11.4. The lowest BCUT2D eigenvalue weighted by Crippen LogP contribution is -2.10. The number of benzene rings is 2. The van der Waals surface area contributed by atoms with Gasteiger partial charge in [-0.25, -0.2) is 4.79 Å². The van der Waals surface area contributed by atoms with Crippen molar-refractivity contribution in [3.8, 4) is 0 Å². The molecule has 2 rings (SSSR count). The molecule has 0 aliphatic carbocycles. The Kier molecular flexibility index (Phi) is 4.08. The Balaban J connectivity index is 2.19. The van der Waals surface area contributed by atoms with E-state index in [2.05, 4.69) is 10.1 Å². The zero-order chi connectivity index (χ0) is 15.4. The molecule has 0 saturated carbocycles. The van der Waals surface area contributed by atoms with Crippen LogP contribution >= 0.6 is 0 Å². The molecule has 0 aliphatic rings. The number of esters is 1. The van der Waals surface area contributed by atoms with Gasteiger partial charge in [0, 0.05) is 11.3 Å². The minimum atomic E-state index is -0.483. The highest BCUT2D eigenvalue weighted by Gasteiger charge is 2.08. The molecule has 108 valence electrons. The largest absolute Gasteiger partial charge is 0.465 e. The van der Waals surface area contributed by atoms with Crippen molar-refractivity contribution >= 4 is 28.9 Å². The number of carbonyl (C=O) groups excluding carboxylic acids is 2. The summed E-state index contributed by atoms with van der Waals surface area (Å²) >= 11 is 0. The van der Waals surface area contributed by atoms with Gasteiger partial charge in [0.25, 0.3) is 0 Å². The van der Waals surface area contributed by atoms with E-state index in [0.717, 1.165) is 5.69 Å². The van der Waals surface area contributed by atoms with Crippen LogP contribution in [-0.4, -0.2) is 19.0 Å². The van der Waals surface area contributed by atoms with Gasteiger partial charge in [-0.2, -0.15) is 0 Å². The summed E-state index contributed by atoms with van der Waals surface area (Å²) in [4.78, 5) is 22.4. The van der Waals surface area contributed by atoms with Crippen LogP contribution in [0, 0.1) is 0 Å². The molecular formula is C15H15N3O3. The molecule has 0 spiro atoms. The fourth-order valence-electron chi connectivity index (χ4n) is 1.79. The van der Waals surface area contributed by atoms with E-state index >= 15 is 0 Å². The second-order valence-corrected chi connectivity index (χ2v) is 4.36. The molecule has 6 nitrogen and oxygen atoms in total. The van der Waals surface area contributed by atoms with Crippen LogP contribution in [-0.2, 0) is 4.74 Å². The summed E-state index contributed by atoms with van der Waals surface area (Å²) in [7, 11) is 1.31. The highest BCUT2D eigenvalue weighted by molar-refractivity contribution is 5.94. The number of carbonyl (C=O) groups is 2. The molecular weight excluding hydrogens is 270 g/mol. The molecule has 0 heterocycles. The number of amides is 1. The predicted octanol–water partition coefficient (Wildman–Crippen LogP) is 1.90. The third-order valence-electron chi connectivity index (χ3n) is 2.92. The number of methoxy groups -OCH3 is 1. The van der Waals surface area contributed by atoms with Crippen LogP contribution in [0.25, 0.3) is 0 Å². The Morgan fingerprint density at radius 3 is 2.19 bits per heavy atom. The summed E-state index contributed by atoms with van der Waals surface area (Å²) in [5.74, 6) is -0.928. The smallest absolute Gasteiger partial charge is 0.337 e. The molecule has 6 heteroatoms. The summed E-state index contributed by atoms with van der Waals surface area (Å²) in [5, 5.41) is 3.09. The SMILES string of the molecule is COC(=O)c1ccc(Nc2ccc(C(N)=O)cc2)c(N)c1. The van der Waals surface area contributed by atoms with E-state index in [1.165, 1.54) is 13.2 Å². The zero-order valence-corrected chi connectivity index (χ0v) is 11.4. The second kappa shape index (κ2) is 5.96. The number of anilines is 3. The lowest BCUT2D eigenvalue weighted by atomic mass is 10.1. The molecule has 0 unspecified atom stereocenters. The van der Waals surface area contributed by atoms with E-state index in [1.54, 1.807) is 36.4 Å². The minimum absolute atomic E-state index is 0.379. The van der Waals surface area contributed by atoms with Crippen LogP contribution in [0.2, 0.25) is 0 Å². The van der Waals surface area contributed by atoms with Crippen molar-refractivity contribution in [2.24, 2.45) is 5.73 Å². The van der Waals surface area contributed by atoms with Crippen molar-refractivity contribution in [3.05, 3.63) is 53.6 Å².